The Morgan fingerprint density at radius 2 is 2.25 bits per heavy atom. The van der Waals surface area contributed by atoms with E-state index in [4.69, 9.17) is 4.74 Å². The summed E-state index contributed by atoms with van der Waals surface area (Å²) >= 11 is 1.63. The molecular formula is C16H17NO2S. The molecule has 104 valence electrons. The van der Waals surface area contributed by atoms with Gasteiger partial charge in [-0.25, -0.2) is 0 Å². The van der Waals surface area contributed by atoms with Gasteiger partial charge in [0, 0.05) is 16.5 Å². The van der Waals surface area contributed by atoms with E-state index in [1.807, 2.05) is 42.6 Å². The molecule has 1 amide bonds. The quantitative estimate of drug-likeness (QED) is 0.856. The van der Waals surface area contributed by atoms with Crippen molar-refractivity contribution in [3.05, 3.63) is 57.8 Å². The maximum Gasteiger partial charge on any atom is 0.244 e. The lowest BCUT2D eigenvalue weighted by Gasteiger charge is -2.05. The lowest BCUT2D eigenvalue weighted by atomic mass is 10.1. The van der Waals surface area contributed by atoms with Gasteiger partial charge in [-0.2, -0.15) is 0 Å². The molecule has 1 heterocycles. The molecule has 0 saturated carbocycles. The summed E-state index contributed by atoms with van der Waals surface area (Å²) in [7, 11) is 1.62. The number of rotatable bonds is 5. The van der Waals surface area contributed by atoms with Crippen molar-refractivity contribution in [2.24, 2.45) is 0 Å². The highest BCUT2D eigenvalue weighted by Gasteiger charge is 2.01. The number of thiophene rings is 1. The molecule has 0 atom stereocenters. The summed E-state index contributed by atoms with van der Waals surface area (Å²) in [6.45, 7) is 2.57. The fourth-order valence-corrected chi connectivity index (χ4v) is 2.44. The summed E-state index contributed by atoms with van der Waals surface area (Å²) in [5.41, 5.74) is 2.03. The normalized spacial score (nSPS) is 10.7. The van der Waals surface area contributed by atoms with Gasteiger partial charge in [0.2, 0.25) is 5.91 Å². The molecule has 0 radical (unpaired) electrons. The minimum Gasteiger partial charge on any atom is -0.496 e. The Morgan fingerprint density at radius 1 is 1.40 bits per heavy atom. The SMILES string of the molecule is COc1ccc(C)cc1C=CC(=O)NCc1cccs1. The van der Waals surface area contributed by atoms with Gasteiger partial charge >= 0.3 is 0 Å². The summed E-state index contributed by atoms with van der Waals surface area (Å²) in [4.78, 5) is 12.9. The topological polar surface area (TPSA) is 38.3 Å². The van der Waals surface area contributed by atoms with Crippen molar-refractivity contribution < 1.29 is 9.53 Å². The van der Waals surface area contributed by atoms with Crippen LogP contribution in [0.25, 0.3) is 6.08 Å². The van der Waals surface area contributed by atoms with Crippen molar-refractivity contribution in [2.45, 2.75) is 13.5 Å². The Kier molecular flexibility index (Phi) is 4.96. The van der Waals surface area contributed by atoms with Crippen LogP contribution in [0.15, 0.2) is 41.8 Å². The number of nitrogens with one attached hydrogen (secondary N) is 1. The third kappa shape index (κ3) is 3.96. The van der Waals surface area contributed by atoms with E-state index in [9.17, 15) is 4.79 Å². The molecule has 0 saturated heterocycles. The minimum atomic E-state index is -0.109. The van der Waals surface area contributed by atoms with E-state index in [0.717, 1.165) is 21.8 Å². The van der Waals surface area contributed by atoms with E-state index in [1.165, 1.54) is 6.08 Å². The van der Waals surface area contributed by atoms with Gasteiger partial charge in [-0.1, -0.05) is 17.7 Å². The number of amides is 1. The number of methoxy groups -OCH3 is 1. The summed E-state index contributed by atoms with van der Waals surface area (Å²) in [5, 5.41) is 4.85. The van der Waals surface area contributed by atoms with E-state index < -0.39 is 0 Å². The van der Waals surface area contributed by atoms with Gasteiger partial charge in [-0.15, -0.1) is 11.3 Å². The molecule has 2 aromatic rings. The van der Waals surface area contributed by atoms with Crippen molar-refractivity contribution in [1.82, 2.24) is 5.32 Å². The number of hydrogen-bond donors (Lipinski definition) is 1. The highest BCUT2D eigenvalue weighted by atomic mass is 32.1. The third-order valence-electron chi connectivity index (χ3n) is 2.82. The van der Waals surface area contributed by atoms with E-state index in [2.05, 4.69) is 5.32 Å². The highest BCUT2D eigenvalue weighted by Crippen LogP contribution is 2.20. The van der Waals surface area contributed by atoms with Gasteiger partial charge in [0.05, 0.1) is 13.7 Å². The zero-order valence-corrected chi connectivity index (χ0v) is 12.4. The van der Waals surface area contributed by atoms with E-state index >= 15 is 0 Å². The molecule has 0 aliphatic carbocycles. The Hall–Kier alpha value is -2.07. The predicted octanol–water partition coefficient (Wildman–Crippen LogP) is 3.39. The second-order valence-corrected chi connectivity index (χ2v) is 5.41. The van der Waals surface area contributed by atoms with Crippen LogP contribution in [-0.2, 0) is 11.3 Å². The highest BCUT2D eigenvalue weighted by molar-refractivity contribution is 7.09. The maximum absolute atomic E-state index is 11.8. The number of carbonyl (C=O) groups excluding carboxylic acids is 1. The van der Waals surface area contributed by atoms with Crippen molar-refractivity contribution in [2.75, 3.05) is 7.11 Å². The molecule has 2 rings (SSSR count). The number of hydrogen-bond acceptors (Lipinski definition) is 3. The van der Waals surface area contributed by atoms with Crippen molar-refractivity contribution in [3.8, 4) is 5.75 Å². The average molecular weight is 287 g/mol. The Labute approximate surface area is 122 Å². The molecule has 0 fully saturated rings. The van der Waals surface area contributed by atoms with Crippen LogP contribution >= 0.6 is 11.3 Å². The predicted molar refractivity (Wildman–Crippen MR) is 82.9 cm³/mol. The molecule has 20 heavy (non-hydrogen) atoms. The molecule has 0 spiro atoms. The second kappa shape index (κ2) is 6.91. The molecule has 0 aliphatic heterocycles. The Morgan fingerprint density at radius 3 is 2.95 bits per heavy atom. The van der Waals surface area contributed by atoms with Gasteiger partial charge in [-0.3, -0.25) is 4.79 Å². The van der Waals surface area contributed by atoms with Crippen molar-refractivity contribution in [3.63, 3.8) is 0 Å². The monoisotopic (exact) mass is 287 g/mol. The fraction of sp³-hybridized carbons (Fsp3) is 0.188. The molecule has 1 N–H and O–H groups in total. The molecule has 1 aromatic carbocycles. The van der Waals surface area contributed by atoms with Crippen LogP contribution in [0.5, 0.6) is 5.75 Å². The first-order chi connectivity index (χ1) is 9.69. The van der Waals surface area contributed by atoms with Gasteiger partial charge in [0.1, 0.15) is 5.75 Å². The molecule has 1 aromatic heterocycles. The Bertz CT molecular complexity index is 603. The maximum atomic E-state index is 11.8. The smallest absolute Gasteiger partial charge is 0.244 e. The Balaban J connectivity index is 1.98. The molecule has 3 nitrogen and oxygen atoms in total. The van der Waals surface area contributed by atoms with Crippen LogP contribution in [0, 0.1) is 6.92 Å². The van der Waals surface area contributed by atoms with Gasteiger partial charge < -0.3 is 10.1 Å². The molecular weight excluding hydrogens is 270 g/mol. The van der Waals surface area contributed by atoms with Gasteiger partial charge in [-0.05, 0) is 36.6 Å². The van der Waals surface area contributed by atoms with Crippen LogP contribution in [0.1, 0.15) is 16.0 Å². The number of benzene rings is 1. The molecule has 0 unspecified atom stereocenters. The van der Waals surface area contributed by atoms with Gasteiger partial charge in [0.15, 0.2) is 0 Å². The third-order valence-corrected chi connectivity index (χ3v) is 3.69. The first-order valence-corrected chi connectivity index (χ1v) is 7.20. The first-order valence-electron chi connectivity index (χ1n) is 6.32. The largest absolute Gasteiger partial charge is 0.496 e. The fourth-order valence-electron chi connectivity index (χ4n) is 1.80. The second-order valence-electron chi connectivity index (χ2n) is 4.38. The van der Waals surface area contributed by atoms with E-state index in [0.29, 0.717) is 6.54 Å². The summed E-state index contributed by atoms with van der Waals surface area (Å²) < 4.78 is 5.27. The zero-order chi connectivity index (χ0) is 14.4. The minimum absolute atomic E-state index is 0.109. The van der Waals surface area contributed by atoms with E-state index in [1.54, 1.807) is 24.5 Å². The van der Waals surface area contributed by atoms with E-state index in [-0.39, 0.29) is 5.91 Å². The average Bonchev–Trinajstić information content (AvgIpc) is 2.96. The standard InChI is InChI=1S/C16H17NO2S/c1-12-5-7-15(19-2)13(10-12)6-8-16(18)17-11-14-4-3-9-20-14/h3-10H,11H2,1-2H3,(H,17,18). The van der Waals surface area contributed by atoms with Crippen LogP contribution < -0.4 is 10.1 Å². The first kappa shape index (κ1) is 14.3. The van der Waals surface area contributed by atoms with Crippen LogP contribution in [0.3, 0.4) is 0 Å². The summed E-state index contributed by atoms with van der Waals surface area (Å²) in [6.07, 6.45) is 3.31. The van der Waals surface area contributed by atoms with Crippen molar-refractivity contribution >= 4 is 23.3 Å². The lowest BCUT2D eigenvalue weighted by Crippen LogP contribution is -2.19. The van der Waals surface area contributed by atoms with Crippen molar-refractivity contribution in [1.29, 1.82) is 0 Å². The summed E-state index contributed by atoms with van der Waals surface area (Å²) in [6, 6.07) is 9.84. The number of ether oxygens (including phenoxy) is 1. The summed E-state index contributed by atoms with van der Waals surface area (Å²) in [5.74, 6) is 0.653. The van der Waals surface area contributed by atoms with Gasteiger partial charge in [0.25, 0.3) is 0 Å². The number of carbonyl (C=O) groups is 1. The lowest BCUT2D eigenvalue weighted by molar-refractivity contribution is -0.116. The molecule has 0 aliphatic rings. The zero-order valence-electron chi connectivity index (χ0n) is 11.6. The van der Waals surface area contributed by atoms with Crippen LogP contribution in [0.4, 0.5) is 0 Å². The van der Waals surface area contributed by atoms with Crippen LogP contribution in [-0.4, -0.2) is 13.0 Å². The molecule has 4 heteroatoms. The number of aryl methyl sites for hydroxylation is 1. The van der Waals surface area contributed by atoms with Crippen LogP contribution in [0.2, 0.25) is 0 Å². The molecule has 0 bridgehead atoms.